The van der Waals surface area contributed by atoms with E-state index in [4.69, 9.17) is 32.7 Å². The SMILES string of the molecule is CCOc1cc2c(cc1NC(=O)Cc1ccc(Cl)cc1Cl)OC(C)C2. The van der Waals surface area contributed by atoms with Gasteiger partial charge in [-0.05, 0) is 37.6 Å². The van der Waals surface area contributed by atoms with Crippen molar-refractivity contribution in [1.29, 1.82) is 0 Å². The van der Waals surface area contributed by atoms with Crippen LogP contribution in [0.15, 0.2) is 30.3 Å². The summed E-state index contributed by atoms with van der Waals surface area (Å²) in [5.41, 5.74) is 2.41. The molecule has 0 saturated heterocycles. The van der Waals surface area contributed by atoms with Crippen molar-refractivity contribution in [2.45, 2.75) is 32.8 Å². The van der Waals surface area contributed by atoms with Gasteiger partial charge in [0.05, 0.1) is 18.7 Å². The lowest BCUT2D eigenvalue weighted by Crippen LogP contribution is -2.15. The lowest BCUT2D eigenvalue weighted by molar-refractivity contribution is -0.115. The second-order valence-corrected chi connectivity index (χ2v) is 6.83. The van der Waals surface area contributed by atoms with Crippen LogP contribution in [0.3, 0.4) is 0 Å². The van der Waals surface area contributed by atoms with E-state index in [0.717, 1.165) is 17.7 Å². The number of fused-ring (bicyclic) bond motifs is 1. The quantitative estimate of drug-likeness (QED) is 0.803. The summed E-state index contributed by atoms with van der Waals surface area (Å²) in [6.07, 6.45) is 1.11. The maximum Gasteiger partial charge on any atom is 0.228 e. The number of amides is 1. The average Bonchev–Trinajstić information content (AvgIpc) is 2.89. The van der Waals surface area contributed by atoms with E-state index in [-0.39, 0.29) is 18.4 Å². The minimum Gasteiger partial charge on any atom is -0.492 e. The zero-order chi connectivity index (χ0) is 18.0. The number of carbonyl (C=O) groups is 1. The summed E-state index contributed by atoms with van der Waals surface area (Å²) >= 11 is 12.0. The third-order valence-electron chi connectivity index (χ3n) is 3.94. The highest BCUT2D eigenvalue weighted by Crippen LogP contribution is 2.38. The molecule has 1 atom stereocenters. The van der Waals surface area contributed by atoms with Crippen molar-refractivity contribution in [1.82, 2.24) is 0 Å². The number of benzene rings is 2. The van der Waals surface area contributed by atoms with Crippen LogP contribution in [-0.4, -0.2) is 18.6 Å². The molecule has 0 aromatic heterocycles. The van der Waals surface area contributed by atoms with Gasteiger partial charge in [0.25, 0.3) is 0 Å². The smallest absolute Gasteiger partial charge is 0.228 e. The third-order valence-corrected chi connectivity index (χ3v) is 4.53. The summed E-state index contributed by atoms with van der Waals surface area (Å²) in [6.45, 7) is 4.44. The Kier molecular flexibility index (Phi) is 5.40. The van der Waals surface area contributed by atoms with Crippen LogP contribution in [0.5, 0.6) is 11.5 Å². The molecule has 132 valence electrons. The van der Waals surface area contributed by atoms with E-state index in [1.54, 1.807) is 18.2 Å². The highest BCUT2D eigenvalue weighted by Gasteiger charge is 2.22. The third kappa shape index (κ3) is 4.20. The molecule has 2 aromatic carbocycles. The summed E-state index contributed by atoms with van der Waals surface area (Å²) in [4.78, 5) is 12.4. The van der Waals surface area contributed by atoms with E-state index in [9.17, 15) is 4.79 Å². The first-order valence-corrected chi connectivity index (χ1v) is 8.92. The molecule has 3 rings (SSSR count). The van der Waals surface area contributed by atoms with Crippen LogP contribution in [0.4, 0.5) is 5.69 Å². The molecule has 1 heterocycles. The number of nitrogens with one attached hydrogen (secondary N) is 1. The van der Waals surface area contributed by atoms with Crippen LogP contribution >= 0.6 is 23.2 Å². The van der Waals surface area contributed by atoms with Gasteiger partial charge in [0.15, 0.2) is 0 Å². The number of carbonyl (C=O) groups excluding carboxylic acids is 1. The van der Waals surface area contributed by atoms with Gasteiger partial charge >= 0.3 is 0 Å². The van der Waals surface area contributed by atoms with Gasteiger partial charge in [0, 0.05) is 28.1 Å². The summed E-state index contributed by atoms with van der Waals surface area (Å²) in [6, 6.07) is 8.86. The fraction of sp³-hybridized carbons (Fsp3) is 0.316. The number of anilines is 1. The number of hydrogen-bond acceptors (Lipinski definition) is 3. The Bertz CT molecular complexity index is 807. The van der Waals surface area contributed by atoms with Crippen LogP contribution in [-0.2, 0) is 17.6 Å². The molecule has 4 nitrogen and oxygen atoms in total. The second kappa shape index (κ2) is 7.54. The molecule has 2 aromatic rings. The summed E-state index contributed by atoms with van der Waals surface area (Å²) < 4.78 is 11.4. The summed E-state index contributed by atoms with van der Waals surface area (Å²) in [5.74, 6) is 1.25. The topological polar surface area (TPSA) is 47.6 Å². The number of hydrogen-bond donors (Lipinski definition) is 1. The first kappa shape index (κ1) is 17.9. The Morgan fingerprint density at radius 3 is 2.84 bits per heavy atom. The van der Waals surface area contributed by atoms with E-state index in [2.05, 4.69) is 5.32 Å². The van der Waals surface area contributed by atoms with Gasteiger partial charge < -0.3 is 14.8 Å². The van der Waals surface area contributed by atoms with E-state index in [1.807, 2.05) is 26.0 Å². The molecule has 0 saturated carbocycles. The van der Waals surface area contributed by atoms with Crippen molar-refractivity contribution < 1.29 is 14.3 Å². The zero-order valence-corrected chi connectivity index (χ0v) is 15.6. The lowest BCUT2D eigenvalue weighted by atomic mass is 10.1. The predicted molar refractivity (Wildman–Crippen MR) is 100 cm³/mol. The Labute approximate surface area is 157 Å². The van der Waals surface area contributed by atoms with E-state index >= 15 is 0 Å². The van der Waals surface area contributed by atoms with Crippen LogP contribution in [0.1, 0.15) is 25.0 Å². The van der Waals surface area contributed by atoms with Gasteiger partial charge in [0.2, 0.25) is 5.91 Å². The first-order chi connectivity index (χ1) is 12.0. The molecular formula is C19H19Cl2NO3. The van der Waals surface area contributed by atoms with Gasteiger partial charge in [-0.25, -0.2) is 0 Å². The standard InChI is InChI=1S/C19H19Cl2NO3/c1-3-24-18-7-13-6-11(2)25-17(13)10-16(18)22-19(23)8-12-4-5-14(20)9-15(12)21/h4-5,7,9-11H,3,6,8H2,1-2H3,(H,22,23). The normalized spacial score (nSPS) is 15.4. The Morgan fingerprint density at radius 1 is 1.32 bits per heavy atom. The molecule has 1 unspecified atom stereocenters. The Balaban J connectivity index is 1.79. The van der Waals surface area contributed by atoms with Crippen molar-refractivity contribution in [2.24, 2.45) is 0 Å². The minimum atomic E-state index is -0.184. The Hall–Kier alpha value is -1.91. The van der Waals surface area contributed by atoms with Gasteiger partial charge in [-0.1, -0.05) is 29.3 Å². The maximum absolute atomic E-state index is 12.4. The van der Waals surface area contributed by atoms with E-state index < -0.39 is 0 Å². The molecule has 0 bridgehead atoms. The number of halogens is 2. The maximum atomic E-state index is 12.4. The van der Waals surface area contributed by atoms with Crippen LogP contribution in [0.2, 0.25) is 10.0 Å². The van der Waals surface area contributed by atoms with Crippen molar-refractivity contribution >= 4 is 34.8 Å². The van der Waals surface area contributed by atoms with Crippen LogP contribution in [0, 0.1) is 0 Å². The zero-order valence-electron chi connectivity index (χ0n) is 14.1. The molecule has 0 aliphatic carbocycles. The summed E-state index contributed by atoms with van der Waals surface area (Å²) in [7, 11) is 0. The van der Waals surface area contributed by atoms with Gasteiger partial charge in [-0.15, -0.1) is 0 Å². The van der Waals surface area contributed by atoms with Crippen molar-refractivity contribution in [3.8, 4) is 11.5 Å². The highest BCUT2D eigenvalue weighted by molar-refractivity contribution is 6.35. The summed E-state index contributed by atoms with van der Waals surface area (Å²) in [5, 5.41) is 3.91. The molecule has 1 aliphatic rings. The monoisotopic (exact) mass is 379 g/mol. The number of rotatable bonds is 5. The van der Waals surface area contributed by atoms with Crippen molar-refractivity contribution in [3.63, 3.8) is 0 Å². The van der Waals surface area contributed by atoms with Gasteiger partial charge in [0.1, 0.15) is 17.6 Å². The molecule has 1 N–H and O–H groups in total. The molecule has 0 radical (unpaired) electrons. The van der Waals surface area contributed by atoms with Crippen molar-refractivity contribution in [3.05, 3.63) is 51.5 Å². The van der Waals surface area contributed by atoms with Gasteiger partial charge in [-0.2, -0.15) is 0 Å². The average molecular weight is 380 g/mol. The van der Waals surface area contributed by atoms with E-state index in [0.29, 0.717) is 33.7 Å². The van der Waals surface area contributed by atoms with Crippen LogP contribution in [0.25, 0.3) is 0 Å². The van der Waals surface area contributed by atoms with Crippen LogP contribution < -0.4 is 14.8 Å². The van der Waals surface area contributed by atoms with Gasteiger partial charge in [-0.3, -0.25) is 4.79 Å². The largest absolute Gasteiger partial charge is 0.492 e. The molecular weight excluding hydrogens is 361 g/mol. The second-order valence-electron chi connectivity index (χ2n) is 5.98. The molecule has 1 amide bonds. The minimum absolute atomic E-state index is 0.128. The fourth-order valence-corrected chi connectivity index (χ4v) is 3.32. The Morgan fingerprint density at radius 2 is 2.12 bits per heavy atom. The lowest BCUT2D eigenvalue weighted by Gasteiger charge is -2.14. The molecule has 0 fully saturated rings. The molecule has 0 spiro atoms. The van der Waals surface area contributed by atoms with Crippen molar-refractivity contribution in [2.75, 3.05) is 11.9 Å². The molecule has 25 heavy (non-hydrogen) atoms. The van der Waals surface area contributed by atoms with E-state index in [1.165, 1.54) is 0 Å². The molecule has 1 aliphatic heterocycles. The highest BCUT2D eigenvalue weighted by atomic mass is 35.5. The predicted octanol–water partition coefficient (Wildman–Crippen LogP) is 4.90. The fourth-order valence-electron chi connectivity index (χ4n) is 2.84. The number of ether oxygens (including phenoxy) is 2. The molecule has 6 heteroatoms. The first-order valence-electron chi connectivity index (χ1n) is 8.16.